The molecule has 0 atom stereocenters. The zero-order valence-corrected chi connectivity index (χ0v) is 13.0. The van der Waals surface area contributed by atoms with Gasteiger partial charge in [0.25, 0.3) is 0 Å². The predicted octanol–water partition coefficient (Wildman–Crippen LogP) is 2.34. The van der Waals surface area contributed by atoms with Crippen LogP contribution in [0.15, 0.2) is 32.6 Å². The Kier molecular flexibility index (Phi) is 4.66. The van der Waals surface area contributed by atoms with E-state index in [4.69, 9.17) is 5.11 Å². The first-order chi connectivity index (χ1) is 9.52. The highest BCUT2D eigenvalue weighted by Crippen LogP contribution is 2.26. The molecule has 0 aliphatic rings. The van der Waals surface area contributed by atoms with Gasteiger partial charge in [0.15, 0.2) is 5.16 Å². The number of carbonyl (C=O) groups is 1. The molecule has 6 nitrogen and oxygen atoms in total. The number of benzene rings is 1. The molecule has 2 rings (SSSR count). The summed E-state index contributed by atoms with van der Waals surface area (Å²) < 4.78 is 2.27. The van der Waals surface area contributed by atoms with Crippen LogP contribution in [0.1, 0.15) is 22.8 Å². The standard InChI is InChI=1S/C12H12BrN3O3S/c1-2-16-11(19)14-15-12(16)20-6-8-4-3-7(10(17)18)5-9(8)13/h3-5H,2,6H2,1H3,(H,14,19)(H,17,18). The van der Waals surface area contributed by atoms with Gasteiger partial charge in [0.1, 0.15) is 0 Å². The van der Waals surface area contributed by atoms with Gasteiger partial charge in [-0.15, -0.1) is 5.10 Å². The lowest BCUT2D eigenvalue weighted by molar-refractivity contribution is 0.0697. The van der Waals surface area contributed by atoms with Crippen LogP contribution in [0.5, 0.6) is 0 Å². The number of halogens is 1. The number of aromatic carboxylic acids is 1. The van der Waals surface area contributed by atoms with Crippen LogP contribution in [0.4, 0.5) is 0 Å². The average molecular weight is 358 g/mol. The molecule has 2 aromatic rings. The van der Waals surface area contributed by atoms with Crippen LogP contribution in [0.2, 0.25) is 0 Å². The van der Waals surface area contributed by atoms with Crippen LogP contribution >= 0.6 is 27.7 Å². The van der Waals surface area contributed by atoms with Crippen molar-refractivity contribution in [2.24, 2.45) is 0 Å². The summed E-state index contributed by atoms with van der Waals surface area (Å²) in [7, 11) is 0. The van der Waals surface area contributed by atoms with Gasteiger partial charge in [-0.3, -0.25) is 4.57 Å². The van der Waals surface area contributed by atoms with E-state index in [2.05, 4.69) is 26.1 Å². The number of rotatable bonds is 5. The van der Waals surface area contributed by atoms with Crippen molar-refractivity contribution in [1.29, 1.82) is 0 Å². The number of hydrogen-bond acceptors (Lipinski definition) is 4. The SMILES string of the molecule is CCn1c(SCc2ccc(C(=O)O)cc2Br)n[nH]c1=O. The number of carboxylic acid groups (broad SMARTS) is 1. The molecule has 0 aliphatic carbocycles. The molecule has 1 aromatic carbocycles. The number of aromatic nitrogens is 3. The van der Waals surface area contributed by atoms with E-state index < -0.39 is 5.97 Å². The van der Waals surface area contributed by atoms with Crippen molar-refractivity contribution in [3.8, 4) is 0 Å². The van der Waals surface area contributed by atoms with Gasteiger partial charge in [0.2, 0.25) is 0 Å². The molecule has 0 amide bonds. The fraction of sp³-hybridized carbons (Fsp3) is 0.250. The minimum atomic E-state index is -0.961. The lowest BCUT2D eigenvalue weighted by Gasteiger charge is -2.05. The third-order valence-corrected chi connectivity index (χ3v) is 4.46. The van der Waals surface area contributed by atoms with E-state index in [1.807, 2.05) is 6.92 Å². The van der Waals surface area contributed by atoms with Crippen LogP contribution in [0, 0.1) is 0 Å². The molecule has 0 unspecified atom stereocenters. The normalized spacial score (nSPS) is 10.7. The Morgan fingerprint density at radius 2 is 2.30 bits per heavy atom. The van der Waals surface area contributed by atoms with Gasteiger partial charge in [-0.2, -0.15) is 0 Å². The zero-order chi connectivity index (χ0) is 14.7. The molecule has 1 heterocycles. The summed E-state index contributed by atoms with van der Waals surface area (Å²) >= 11 is 4.77. The van der Waals surface area contributed by atoms with E-state index in [-0.39, 0.29) is 11.3 Å². The van der Waals surface area contributed by atoms with Crippen LogP contribution in [0.25, 0.3) is 0 Å². The molecule has 0 spiro atoms. The summed E-state index contributed by atoms with van der Waals surface area (Å²) in [5.74, 6) is -0.373. The lowest BCUT2D eigenvalue weighted by atomic mass is 10.1. The van der Waals surface area contributed by atoms with E-state index >= 15 is 0 Å². The third kappa shape index (κ3) is 3.13. The molecule has 0 fully saturated rings. The van der Waals surface area contributed by atoms with Crippen LogP contribution in [-0.2, 0) is 12.3 Å². The number of aromatic amines is 1. The fourth-order valence-corrected chi connectivity index (χ4v) is 3.35. The smallest absolute Gasteiger partial charge is 0.343 e. The summed E-state index contributed by atoms with van der Waals surface area (Å²) in [5.41, 5.74) is 0.948. The first kappa shape index (κ1) is 14.9. The molecule has 0 radical (unpaired) electrons. The van der Waals surface area contributed by atoms with Crippen molar-refractivity contribution >= 4 is 33.7 Å². The second-order valence-corrected chi connectivity index (χ2v) is 5.75. The number of hydrogen-bond donors (Lipinski definition) is 2. The van der Waals surface area contributed by atoms with Crippen LogP contribution in [0.3, 0.4) is 0 Å². The Labute approximate surface area is 127 Å². The van der Waals surface area contributed by atoms with Crippen molar-refractivity contribution in [3.05, 3.63) is 44.3 Å². The highest BCUT2D eigenvalue weighted by Gasteiger charge is 2.10. The Bertz CT molecular complexity index is 695. The molecule has 20 heavy (non-hydrogen) atoms. The van der Waals surface area contributed by atoms with E-state index in [0.29, 0.717) is 17.5 Å². The molecule has 106 valence electrons. The first-order valence-electron chi connectivity index (χ1n) is 5.82. The first-order valence-corrected chi connectivity index (χ1v) is 7.60. The van der Waals surface area contributed by atoms with E-state index in [1.165, 1.54) is 11.8 Å². The largest absolute Gasteiger partial charge is 0.478 e. The number of nitrogens with zero attached hydrogens (tertiary/aromatic N) is 2. The highest BCUT2D eigenvalue weighted by molar-refractivity contribution is 9.10. The van der Waals surface area contributed by atoms with E-state index in [1.54, 1.807) is 22.8 Å². The number of H-pyrrole nitrogens is 1. The third-order valence-electron chi connectivity index (χ3n) is 2.70. The molecular weight excluding hydrogens is 346 g/mol. The van der Waals surface area contributed by atoms with Crippen molar-refractivity contribution in [2.75, 3.05) is 0 Å². The molecular formula is C12H12BrN3O3S. The Hall–Kier alpha value is -1.54. The number of thioether (sulfide) groups is 1. The fourth-order valence-electron chi connectivity index (χ4n) is 1.63. The van der Waals surface area contributed by atoms with Gasteiger partial charge < -0.3 is 5.11 Å². The maximum atomic E-state index is 11.4. The highest BCUT2D eigenvalue weighted by atomic mass is 79.9. The van der Waals surface area contributed by atoms with Crippen molar-refractivity contribution in [3.63, 3.8) is 0 Å². The van der Waals surface area contributed by atoms with Gasteiger partial charge >= 0.3 is 11.7 Å². The molecule has 8 heteroatoms. The lowest BCUT2D eigenvalue weighted by Crippen LogP contribution is -2.16. The summed E-state index contributed by atoms with van der Waals surface area (Å²) in [6.45, 7) is 2.43. The summed E-state index contributed by atoms with van der Waals surface area (Å²) in [6, 6.07) is 4.87. The minimum Gasteiger partial charge on any atom is -0.478 e. The predicted molar refractivity (Wildman–Crippen MR) is 79.2 cm³/mol. The Morgan fingerprint density at radius 3 is 2.90 bits per heavy atom. The Morgan fingerprint density at radius 1 is 1.55 bits per heavy atom. The monoisotopic (exact) mass is 357 g/mol. The molecule has 0 bridgehead atoms. The Balaban J connectivity index is 2.15. The summed E-state index contributed by atoms with van der Waals surface area (Å²) in [6.07, 6.45) is 0. The molecule has 2 N–H and O–H groups in total. The molecule has 0 saturated carbocycles. The van der Waals surface area contributed by atoms with Gasteiger partial charge in [-0.1, -0.05) is 33.8 Å². The maximum Gasteiger partial charge on any atom is 0.343 e. The van der Waals surface area contributed by atoms with Gasteiger partial charge in [0.05, 0.1) is 5.56 Å². The molecule has 1 aromatic heterocycles. The van der Waals surface area contributed by atoms with Crippen molar-refractivity contribution in [2.45, 2.75) is 24.4 Å². The van der Waals surface area contributed by atoms with Crippen LogP contribution < -0.4 is 5.69 Å². The van der Waals surface area contributed by atoms with Crippen molar-refractivity contribution in [1.82, 2.24) is 14.8 Å². The maximum absolute atomic E-state index is 11.4. The summed E-state index contributed by atoms with van der Waals surface area (Å²) in [5, 5.41) is 15.9. The topological polar surface area (TPSA) is 88.0 Å². The van der Waals surface area contributed by atoms with Gasteiger partial charge in [0, 0.05) is 16.8 Å². The van der Waals surface area contributed by atoms with Gasteiger partial charge in [-0.05, 0) is 24.6 Å². The zero-order valence-electron chi connectivity index (χ0n) is 10.6. The second kappa shape index (κ2) is 6.27. The summed E-state index contributed by atoms with van der Waals surface area (Å²) in [4.78, 5) is 22.3. The number of carboxylic acids is 1. The minimum absolute atomic E-state index is 0.227. The average Bonchev–Trinajstić information content (AvgIpc) is 2.77. The van der Waals surface area contributed by atoms with E-state index in [0.717, 1.165) is 10.0 Å². The molecule has 0 saturated heterocycles. The number of nitrogens with one attached hydrogen (secondary N) is 1. The second-order valence-electron chi connectivity index (χ2n) is 3.96. The van der Waals surface area contributed by atoms with Crippen LogP contribution in [-0.4, -0.2) is 25.8 Å². The quantitative estimate of drug-likeness (QED) is 0.801. The van der Waals surface area contributed by atoms with E-state index in [9.17, 15) is 9.59 Å². The molecule has 0 aliphatic heterocycles. The van der Waals surface area contributed by atoms with Crippen molar-refractivity contribution < 1.29 is 9.90 Å². The van der Waals surface area contributed by atoms with Gasteiger partial charge in [-0.25, -0.2) is 14.7 Å².